The summed E-state index contributed by atoms with van der Waals surface area (Å²) in [5.74, 6) is 1.08. The first-order valence-corrected chi connectivity index (χ1v) is 6.55. The Labute approximate surface area is 100 Å². The summed E-state index contributed by atoms with van der Waals surface area (Å²) >= 11 is 5.20. The van der Waals surface area contributed by atoms with Crippen molar-refractivity contribution in [2.24, 2.45) is 0 Å². The summed E-state index contributed by atoms with van der Waals surface area (Å²) in [6, 6.07) is 4.45. The maximum Gasteiger partial charge on any atom is 0.128 e. The quantitative estimate of drug-likeness (QED) is 0.869. The number of halogens is 1. The molecule has 78 valence electrons. The molecule has 1 aliphatic heterocycles. The van der Waals surface area contributed by atoms with E-state index in [0.29, 0.717) is 0 Å². The number of thiophene rings is 1. The summed E-state index contributed by atoms with van der Waals surface area (Å²) < 4.78 is 6.72. The highest BCUT2D eigenvalue weighted by Gasteiger charge is 2.24. The first-order valence-electron chi connectivity index (χ1n) is 4.88. The molecular formula is C11H10BrNOS. The van der Waals surface area contributed by atoms with Gasteiger partial charge in [-0.3, -0.25) is 0 Å². The number of fused-ring (bicyclic) bond motifs is 1. The van der Waals surface area contributed by atoms with Crippen LogP contribution in [0.2, 0.25) is 0 Å². The van der Waals surface area contributed by atoms with Gasteiger partial charge in [0.05, 0.1) is 16.1 Å². The van der Waals surface area contributed by atoms with Gasteiger partial charge in [0.1, 0.15) is 5.76 Å². The molecule has 1 unspecified atom stereocenters. The molecule has 3 heterocycles. The predicted molar refractivity (Wildman–Crippen MR) is 64.3 cm³/mol. The Morgan fingerprint density at radius 1 is 1.53 bits per heavy atom. The molecule has 1 N–H and O–H groups in total. The van der Waals surface area contributed by atoms with Crippen LogP contribution < -0.4 is 5.32 Å². The van der Waals surface area contributed by atoms with Crippen molar-refractivity contribution >= 4 is 27.3 Å². The maximum absolute atomic E-state index is 5.56. The van der Waals surface area contributed by atoms with Gasteiger partial charge in [0, 0.05) is 6.54 Å². The molecule has 0 saturated carbocycles. The topological polar surface area (TPSA) is 25.2 Å². The Kier molecular flexibility index (Phi) is 2.42. The molecule has 2 nitrogen and oxygen atoms in total. The summed E-state index contributed by atoms with van der Waals surface area (Å²) in [5.41, 5.74) is 2.61. The molecule has 2 aromatic rings. The zero-order valence-corrected chi connectivity index (χ0v) is 10.4. The molecule has 15 heavy (non-hydrogen) atoms. The number of rotatable bonds is 1. The summed E-state index contributed by atoms with van der Waals surface area (Å²) in [5, 5.41) is 5.65. The van der Waals surface area contributed by atoms with Gasteiger partial charge in [-0.15, -0.1) is 11.3 Å². The lowest BCUT2D eigenvalue weighted by molar-refractivity contribution is 0.425. The molecule has 0 saturated heterocycles. The zero-order chi connectivity index (χ0) is 10.3. The maximum atomic E-state index is 5.56. The van der Waals surface area contributed by atoms with Crippen molar-refractivity contribution in [1.29, 1.82) is 0 Å². The molecular weight excluding hydrogens is 274 g/mol. The lowest BCUT2D eigenvalue weighted by Crippen LogP contribution is -2.29. The third-order valence-corrected chi connectivity index (χ3v) is 4.23. The van der Waals surface area contributed by atoms with Crippen LogP contribution in [0.3, 0.4) is 0 Å². The van der Waals surface area contributed by atoms with Crippen molar-refractivity contribution in [3.63, 3.8) is 0 Å². The Morgan fingerprint density at radius 2 is 2.47 bits per heavy atom. The van der Waals surface area contributed by atoms with Gasteiger partial charge in [0.2, 0.25) is 0 Å². The van der Waals surface area contributed by atoms with Crippen LogP contribution in [0.15, 0.2) is 32.0 Å². The molecule has 0 fully saturated rings. The second-order valence-electron chi connectivity index (χ2n) is 3.63. The van der Waals surface area contributed by atoms with E-state index in [1.807, 2.05) is 0 Å². The van der Waals surface area contributed by atoms with Gasteiger partial charge >= 0.3 is 0 Å². The molecule has 4 heteroatoms. The van der Waals surface area contributed by atoms with Crippen molar-refractivity contribution in [1.82, 2.24) is 5.32 Å². The fraction of sp³-hybridized carbons (Fsp3) is 0.273. The smallest absolute Gasteiger partial charge is 0.128 e. The van der Waals surface area contributed by atoms with E-state index in [-0.39, 0.29) is 6.04 Å². The van der Waals surface area contributed by atoms with Crippen LogP contribution in [-0.4, -0.2) is 6.54 Å². The van der Waals surface area contributed by atoms with Crippen LogP contribution in [-0.2, 0) is 6.42 Å². The summed E-state index contributed by atoms with van der Waals surface area (Å²) in [7, 11) is 0. The number of furan rings is 1. The highest BCUT2D eigenvalue weighted by atomic mass is 79.9. The van der Waals surface area contributed by atoms with Crippen molar-refractivity contribution in [3.05, 3.63) is 44.4 Å². The first kappa shape index (κ1) is 9.63. The summed E-state index contributed by atoms with van der Waals surface area (Å²) in [6.07, 6.45) is 2.85. The second-order valence-corrected chi connectivity index (χ2v) is 5.92. The standard InChI is InChI=1S/C11H10BrNOS/c12-9-5-8(6-15-9)10-11-7(1-3-13-10)2-4-14-11/h2,4-6,10,13H,1,3H2. The Hall–Kier alpha value is -0.580. The van der Waals surface area contributed by atoms with Crippen LogP contribution in [0, 0.1) is 0 Å². The molecule has 0 amide bonds. The average Bonchev–Trinajstić information content (AvgIpc) is 2.84. The van der Waals surface area contributed by atoms with E-state index < -0.39 is 0 Å². The van der Waals surface area contributed by atoms with E-state index in [9.17, 15) is 0 Å². The van der Waals surface area contributed by atoms with Crippen LogP contribution >= 0.6 is 27.3 Å². The largest absolute Gasteiger partial charge is 0.467 e. The predicted octanol–water partition coefficient (Wildman–Crippen LogP) is 3.34. The van der Waals surface area contributed by atoms with Crippen LogP contribution in [0.1, 0.15) is 22.9 Å². The van der Waals surface area contributed by atoms with Crippen molar-refractivity contribution in [3.8, 4) is 0 Å². The SMILES string of the molecule is Brc1cc(C2NCCc3ccoc32)cs1. The zero-order valence-electron chi connectivity index (χ0n) is 8.00. The Morgan fingerprint density at radius 3 is 3.27 bits per heavy atom. The van der Waals surface area contributed by atoms with Crippen LogP contribution in [0.4, 0.5) is 0 Å². The Bertz CT molecular complexity index is 476. The number of hydrogen-bond donors (Lipinski definition) is 1. The van der Waals surface area contributed by atoms with Gasteiger partial charge in [-0.2, -0.15) is 0 Å². The third-order valence-electron chi connectivity index (χ3n) is 2.71. The minimum atomic E-state index is 0.228. The molecule has 1 atom stereocenters. The van der Waals surface area contributed by atoms with Gasteiger partial charge in [0.25, 0.3) is 0 Å². The van der Waals surface area contributed by atoms with E-state index in [1.165, 1.54) is 11.1 Å². The monoisotopic (exact) mass is 283 g/mol. The molecule has 0 radical (unpaired) electrons. The Balaban J connectivity index is 2.02. The van der Waals surface area contributed by atoms with E-state index >= 15 is 0 Å². The van der Waals surface area contributed by atoms with Crippen molar-refractivity contribution in [2.75, 3.05) is 6.54 Å². The van der Waals surface area contributed by atoms with E-state index in [0.717, 1.165) is 22.5 Å². The summed E-state index contributed by atoms with van der Waals surface area (Å²) in [6.45, 7) is 1.02. The number of hydrogen-bond acceptors (Lipinski definition) is 3. The van der Waals surface area contributed by atoms with Crippen LogP contribution in [0.25, 0.3) is 0 Å². The molecule has 0 spiro atoms. The molecule has 0 aromatic carbocycles. The fourth-order valence-electron chi connectivity index (χ4n) is 2.00. The normalized spacial score (nSPS) is 20.2. The van der Waals surface area contributed by atoms with Gasteiger partial charge < -0.3 is 9.73 Å². The van der Waals surface area contributed by atoms with Gasteiger partial charge in [-0.05, 0) is 51.0 Å². The van der Waals surface area contributed by atoms with Crippen LogP contribution in [0.5, 0.6) is 0 Å². The minimum absolute atomic E-state index is 0.228. The molecule has 2 aromatic heterocycles. The first-order chi connectivity index (χ1) is 7.34. The van der Waals surface area contributed by atoms with Gasteiger partial charge in [0.15, 0.2) is 0 Å². The second kappa shape index (κ2) is 3.77. The van der Waals surface area contributed by atoms with Gasteiger partial charge in [-0.1, -0.05) is 0 Å². The lowest BCUT2D eigenvalue weighted by atomic mass is 9.99. The lowest BCUT2D eigenvalue weighted by Gasteiger charge is -2.21. The van der Waals surface area contributed by atoms with Crippen molar-refractivity contribution in [2.45, 2.75) is 12.5 Å². The van der Waals surface area contributed by atoms with E-state index in [4.69, 9.17) is 4.42 Å². The molecule has 0 bridgehead atoms. The highest BCUT2D eigenvalue weighted by Crippen LogP contribution is 2.33. The molecule has 1 aliphatic rings. The van der Waals surface area contributed by atoms with E-state index in [1.54, 1.807) is 17.6 Å². The van der Waals surface area contributed by atoms with E-state index in [2.05, 4.69) is 38.8 Å². The number of nitrogens with one attached hydrogen (secondary N) is 1. The minimum Gasteiger partial charge on any atom is -0.467 e. The highest BCUT2D eigenvalue weighted by molar-refractivity contribution is 9.11. The molecule has 0 aliphatic carbocycles. The van der Waals surface area contributed by atoms with Gasteiger partial charge in [-0.25, -0.2) is 0 Å². The fourth-order valence-corrected chi connectivity index (χ4v) is 3.20. The third kappa shape index (κ3) is 1.67. The van der Waals surface area contributed by atoms with Crippen molar-refractivity contribution < 1.29 is 4.42 Å². The molecule has 3 rings (SSSR count). The average molecular weight is 284 g/mol. The summed E-state index contributed by atoms with van der Waals surface area (Å²) in [4.78, 5) is 0.